The molecule has 4 N–H and O–H groups in total. The van der Waals surface area contributed by atoms with Gasteiger partial charge in [-0.15, -0.1) is 0 Å². The van der Waals surface area contributed by atoms with Crippen LogP contribution in [0.15, 0.2) is 30.3 Å². The summed E-state index contributed by atoms with van der Waals surface area (Å²) < 4.78 is 0. The molecule has 0 amide bonds. The summed E-state index contributed by atoms with van der Waals surface area (Å²) in [6.45, 7) is 0.610. The second-order valence-electron chi connectivity index (χ2n) is 6.37. The van der Waals surface area contributed by atoms with E-state index in [0.29, 0.717) is 12.6 Å². The van der Waals surface area contributed by atoms with Crippen LogP contribution in [0.1, 0.15) is 50.5 Å². The van der Waals surface area contributed by atoms with Crippen LogP contribution >= 0.6 is 0 Å². The maximum absolute atomic E-state index is 10.2. The second kappa shape index (κ2) is 9.19. The Morgan fingerprint density at radius 3 is 2.33 bits per heavy atom. The number of benzene rings is 1. The molecule has 3 heteroatoms. The Morgan fingerprint density at radius 2 is 1.67 bits per heavy atom. The van der Waals surface area contributed by atoms with Crippen molar-refractivity contribution in [3.8, 4) is 0 Å². The highest BCUT2D eigenvalue weighted by Gasteiger charge is 2.17. The van der Waals surface area contributed by atoms with Crippen LogP contribution in [0.25, 0.3) is 0 Å². The molecular weight excluding hydrogens is 260 g/mol. The molecule has 1 aliphatic carbocycles. The van der Waals surface area contributed by atoms with Gasteiger partial charge in [0, 0.05) is 18.6 Å². The van der Waals surface area contributed by atoms with E-state index in [1.165, 1.54) is 50.5 Å². The number of aliphatic hydroxyl groups is 1. The van der Waals surface area contributed by atoms with E-state index in [4.69, 9.17) is 5.73 Å². The lowest BCUT2D eigenvalue weighted by Crippen LogP contribution is -2.45. The Kier molecular flexibility index (Phi) is 7.20. The molecule has 0 radical (unpaired) electrons. The minimum Gasteiger partial charge on any atom is -0.390 e. The normalized spacial score (nSPS) is 20.5. The van der Waals surface area contributed by atoms with Crippen molar-refractivity contribution in [1.82, 2.24) is 5.32 Å². The third kappa shape index (κ3) is 6.16. The third-order valence-electron chi connectivity index (χ3n) is 4.53. The lowest BCUT2D eigenvalue weighted by atomic mass is 9.96. The Labute approximate surface area is 128 Å². The van der Waals surface area contributed by atoms with Crippen molar-refractivity contribution in [3.05, 3.63) is 35.9 Å². The second-order valence-corrected chi connectivity index (χ2v) is 6.37. The van der Waals surface area contributed by atoms with E-state index in [-0.39, 0.29) is 6.04 Å². The summed E-state index contributed by atoms with van der Waals surface area (Å²) in [6.07, 6.45) is 9.44. The molecule has 2 atom stereocenters. The van der Waals surface area contributed by atoms with E-state index < -0.39 is 6.10 Å². The molecule has 1 aromatic carbocycles. The predicted octanol–water partition coefficient (Wildman–Crippen LogP) is 2.62. The lowest BCUT2D eigenvalue weighted by molar-refractivity contribution is 0.136. The molecule has 1 saturated carbocycles. The van der Waals surface area contributed by atoms with E-state index in [9.17, 15) is 5.11 Å². The zero-order valence-electron chi connectivity index (χ0n) is 13.0. The van der Waals surface area contributed by atoms with E-state index >= 15 is 0 Å². The number of nitrogens with one attached hydrogen (secondary N) is 1. The van der Waals surface area contributed by atoms with Crippen LogP contribution in [0.2, 0.25) is 0 Å². The Balaban J connectivity index is 1.71. The monoisotopic (exact) mass is 290 g/mol. The minimum atomic E-state index is -0.476. The lowest BCUT2D eigenvalue weighted by Gasteiger charge is -2.25. The Hall–Kier alpha value is -0.900. The summed E-state index contributed by atoms with van der Waals surface area (Å²) in [4.78, 5) is 0. The molecule has 0 heterocycles. The topological polar surface area (TPSA) is 58.3 Å². The molecule has 3 nitrogen and oxygen atoms in total. The van der Waals surface area contributed by atoms with Gasteiger partial charge in [-0.1, -0.05) is 62.4 Å². The van der Waals surface area contributed by atoms with E-state index in [2.05, 4.69) is 17.4 Å². The van der Waals surface area contributed by atoms with Gasteiger partial charge in [-0.2, -0.15) is 0 Å². The van der Waals surface area contributed by atoms with Crippen molar-refractivity contribution in [2.45, 2.75) is 69.6 Å². The molecule has 0 saturated heterocycles. The van der Waals surface area contributed by atoms with Gasteiger partial charge >= 0.3 is 0 Å². The Bertz CT molecular complexity index is 374. The average Bonchev–Trinajstić information content (AvgIpc) is 2.47. The summed E-state index contributed by atoms with van der Waals surface area (Å²) >= 11 is 0. The van der Waals surface area contributed by atoms with Crippen molar-refractivity contribution in [1.29, 1.82) is 0 Å². The number of hydrogen-bond donors (Lipinski definition) is 3. The molecular formula is C18H30N2O. The first-order chi connectivity index (χ1) is 10.3. The quantitative estimate of drug-likeness (QED) is 0.755. The van der Waals surface area contributed by atoms with Gasteiger partial charge in [-0.05, 0) is 24.8 Å². The number of nitrogens with two attached hydrogens (primary N) is 1. The summed E-state index contributed by atoms with van der Waals surface area (Å²) in [7, 11) is 0. The summed E-state index contributed by atoms with van der Waals surface area (Å²) in [5, 5.41) is 13.8. The molecule has 2 rings (SSSR count). The summed E-state index contributed by atoms with van der Waals surface area (Å²) in [5.41, 5.74) is 7.32. The van der Waals surface area contributed by atoms with E-state index in [0.717, 1.165) is 6.42 Å². The van der Waals surface area contributed by atoms with Gasteiger partial charge in [0.2, 0.25) is 0 Å². The standard InChI is InChI=1S/C18H30N2O/c19-17(13-15-9-5-4-6-10-15)18(21)14-20-16-11-7-2-1-3-8-12-16/h4-6,9-10,16-18,20-21H,1-3,7-8,11-14,19H2/t17-,18+/m0/s1. The fraction of sp³-hybridized carbons (Fsp3) is 0.667. The predicted molar refractivity (Wildman–Crippen MR) is 88.2 cm³/mol. The molecule has 0 unspecified atom stereocenters. The summed E-state index contributed by atoms with van der Waals surface area (Å²) in [5.74, 6) is 0. The Morgan fingerprint density at radius 1 is 1.05 bits per heavy atom. The first-order valence-corrected chi connectivity index (χ1v) is 8.46. The van der Waals surface area contributed by atoms with Gasteiger partial charge in [-0.25, -0.2) is 0 Å². The maximum Gasteiger partial charge on any atom is 0.0818 e. The van der Waals surface area contributed by atoms with Crippen molar-refractivity contribution in [3.63, 3.8) is 0 Å². The van der Waals surface area contributed by atoms with E-state index in [1.807, 2.05) is 18.2 Å². The molecule has 0 spiro atoms. The van der Waals surface area contributed by atoms with Crippen molar-refractivity contribution in [2.75, 3.05) is 6.54 Å². The van der Waals surface area contributed by atoms with Crippen LogP contribution in [0.5, 0.6) is 0 Å². The highest BCUT2D eigenvalue weighted by molar-refractivity contribution is 5.16. The molecule has 21 heavy (non-hydrogen) atoms. The molecule has 1 aliphatic rings. The van der Waals surface area contributed by atoms with Gasteiger partial charge in [0.1, 0.15) is 0 Å². The highest BCUT2D eigenvalue weighted by Crippen LogP contribution is 2.17. The smallest absolute Gasteiger partial charge is 0.0818 e. The molecule has 0 aliphatic heterocycles. The van der Waals surface area contributed by atoms with Crippen molar-refractivity contribution >= 4 is 0 Å². The fourth-order valence-electron chi connectivity index (χ4n) is 3.12. The maximum atomic E-state index is 10.2. The largest absolute Gasteiger partial charge is 0.390 e. The van der Waals surface area contributed by atoms with Crippen LogP contribution in [-0.4, -0.2) is 29.8 Å². The number of hydrogen-bond acceptors (Lipinski definition) is 3. The van der Waals surface area contributed by atoms with Crippen LogP contribution in [0.4, 0.5) is 0 Å². The van der Waals surface area contributed by atoms with Crippen molar-refractivity contribution in [2.24, 2.45) is 5.73 Å². The molecule has 1 fully saturated rings. The zero-order valence-corrected chi connectivity index (χ0v) is 13.0. The van der Waals surface area contributed by atoms with Crippen LogP contribution in [-0.2, 0) is 6.42 Å². The fourth-order valence-corrected chi connectivity index (χ4v) is 3.12. The van der Waals surface area contributed by atoms with Gasteiger partial charge in [0.25, 0.3) is 0 Å². The number of aliphatic hydroxyl groups excluding tert-OH is 1. The summed E-state index contributed by atoms with van der Waals surface area (Å²) in [6, 6.07) is 10.5. The van der Waals surface area contributed by atoms with Gasteiger partial charge in [0.05, 0.1) is 6.10 Å². The number of rotatable bonds is 6. The molecule has 0 aromatic heterocycles. The third-order valence-corrected chi connectivity index (χ3v) is 4.53. The van der Waals surface area contributed by atoms with Gasteiger partial charge < -0.3 is 16.2 Å². The minimum absolute atomic E-state index is 0.201. The van der Waals surface area contributed by atoms with Gasteiger partial charge in [-0.3, -0.25) is 0 Å². The molecule has 118 valence electrons. The van der Waals surface area contributed by atoms with Crippen molar-refractivity contribution < 1.29 is 5.11 Å². The SMILES string of the molecule is N[C@@H](Cc1ccccc1)[C@H](O)CNC1CCCCCCC1. The average molecular weight is 290 g/mol. The highest BCUT2D eigenvalue weighted by atomic mass is 16.3. The van der Waals surface area contributed by atoms with Gasteiger partial charge in [0.15, 0.2) is 0 Å². The first-order valence-electron chi connectivity index (χ1n) is 8.46. The van der Waals surface area contributed by atoms with Crippen LogP contribution in [0.3, 0.4) is 0 Å². The zero-order chi connectivity index (χ0) is 14.9. The first kappa shape index (κ1) is 16.5. The van der Waals surface area contributed by atoms with E-state index in [1.54, 1.807) is 0 Å². The molecule has 0 bridgehead atoms. The molecule has 1 aromatic rings. The van der Waals surface area contributed by atoms with Crippen LogP contribution < -0.4 is 11.1 Å². The van der Waals surface area contributed by atoms with Crippen LogP contribution in [0, 0.1) is 0 Å².